The molecule has 102 valence electrons. The molecule has 1 atom stereocenters. The van der Waals surface area contributed by atoms with Crippen LogP contribution in [0.4, 0.5) is 8.78 Å². The van der Waals surface area contributed by atoms with Crippen molar-refractivity contribution in [2.24, 2.45) is 0 Å². The van der Waals surface area contributed by atoms with Gasteiger partial charge in [0.1, 0.15) is 11.6 Å². The average molecular weight is 282 g/mol. The second-order valence-electron chi connectivity index (χ2n) is 4.51. The highest BCUT2D eigenvalue weighted by Crippen LogP contribution is 2.20. The van der Waals surface area contributed by atoms with Gasteiger partial charge in [0.05, 0.1) is 11.2 Å². The lowest BCUT2D eigenvalue weighted by atomic mass is 10.1. The lowest BCUT2D eigenvalue weighted by Gasteiger charge is -2.12. The van der Waals surface area contributed by atoms with Crippen LogP contribution in [0.5, 0.6) is 0 Å². The molecule has 0 fully saturated rings. The largest absolute Gasteiger partial charge is 0.309 e. The minimum Gasteiger partial charge on any atom is -0.309 e. The van der Waals surface area contributed by atoms with Crippen LogP contribution in [-0.2, 0) is 6.42 Å². The maximum Gasteiger partial charge on any atom is 0.126 e. The first-order valence-electron chi connectivity index (χ1n) is 6.14. The van der Waals surface area contributed by atoms with E-state index >= 15 is 0 Å². The first kappa shape index (κ1) is 14.1. The summed E-state index contributed by atoms with van der Waals surface area (Å²) >= 11 is 1.62. The predicted molar refractivity (Wildman–Crippen MR) is 73.3 cm³/mol. The SMILES string of the molecule is Cc1ncsc1C(C)NCCc1cc(F)cc(F)c1. The molecule has 1 unspecified atom stereocenters. The van der Waals surface area contributed by atoms with Gasteiger partial charge in [-0.2, -0.15) is 0 Å². The van der Waals surface area contributed by atoms with Gasteiger partial charge in [0.2, 0.25) is 0 Å². The zero-order chi connectivity index (χ0) is 13.8. The van der Waals surface area contributed by atoms with Gasteiger partial charge >= 0.3 is 0 Å². The third kappa shape index (κ3) is 3.81. The van der Waals surface area contributed by atoms with Crippen molar-refractivity contribution in [2.75, 3.05) is 6.54 Å². The molecule has 0 aliphatic heterocycles. The summed E-state index contributed by atoms with van der Waals surface area (Å²) in [7, 11) is 0. The Bertz CT molecular complexity index is 534. The number of aromatic nitrogens is 1. The summed E-state index contributed by atoms with van der Waals surface area (Å²) < 4.78 is 26.0. The van der Waals surface area contributed by atoms with Crippen LogP contribution in [0.3, 0.4) is 0 Å². The first-order chi connectivity index (χ1) is 9.06. The van der Waals surface area contributed by atoms with E-state index in [0.29, 0.717) is 18.5 Å². The molecule has 19 heavy (non-hydrogen) atoms. The van der Waals surface area contributed by atoms with Gasteiger partial charge in [-0.25, -0.2) is 13.8 Å². The Kier molecular flexibility index (Phi) is 4.61. The van der Waals surface area contributed by atoms with E-state index in [1.165, 1.54) is 17.0 Å². The standard InChI is InChI=1S/C14H16F2N2S/c1-9(14-10(2)18-8-19-14)17-4-3-11-5-12(15)7-13(16)6-11/h5-9,17H,3-4H2,1-2H3. The van der Waals surface area contributed by atoms with Crippen molar-refractivity contribution in [1.82, 2.24) is 10.3 Å². The first-order valence-corrected chi connectivity index (χ1v) is 7.02. The van der Waals surface area contributed by atoms with Crippen molar-refractivity contribution in [1.29, 1.82) is 0 Å². The fourth-order valence-corrected chi connectivity index (χ4v) is 2.84. The second kappa shape index (κ2) is 6.21. The second-order valence-corrected chi connectivity index (χ2v) is 5.39. The van der Waals surface area contributed by atoms with Gasteiger partial charge in [0, 0.05) is 17.0 Å². The Morgan fingerprint density at radius 1 is 1.26 bits per heavy atom. The zero-order valence-electron chi connectivity index (χ0n) is 10.9. The van der Waals surface area contributed by atoms with Crippen molar-refractivity contribution in [3.05, 3.63) is 51.5 Å². The molecule has 1 N–H and O–H groups in total. The number of rotatable bonds is 5. The summed E-state index contributed by atoms with van der Waals surface area (Å²) in [4.78, 5) is 5.41. The van der Waals surface area contributed by atoms with E-state index in [2.05, 4.69) is 17.2 Å². The average Bonchev–Trinajstić information content (AvgIpc) is 2.74. The summed E-state index contributed by atoms with van der Waals surface area (Å²) in [5, 5.41) is 3.34. The fourth-order valence-electron chi connectivity index (χ4n) is 2.01. The topological polar surface area (TPSA) is 24.9 Å². The van der Waals surface area contributed by atoms with E-state index in [1.807, 2.05) is 12.4 Å². The molecule has 0 aliphatic carbocycles. The molecule has 1 aromatic heterocycles. The van der Waals surface area contributed by atoms with Crippen LogP contribution in [0.25, 0.3) is 0 Å². The quantitative estimate of drug-likeness (QED) is 0.906. The number of nitrogens with one attached hydrogen (secondary N) is 1. The maximum absolute atomic E-state index is 13.0. The minimum absolute atomic E-state index is 0.200. The number of halogens is 2. The van der Waals surface area contributed by atoms with E-state index in [4.69, 9.17) is 0 Å². The summed E-state index contributed by atoms with van der Waals surface area (Å²) in [6.07, 6.45) is 0.594. The van der Waals surface area contributed by atoms with Crippen LogP contribution in [0.2, 0.25) is 0 Å². The van der Waals surface area contributed by atoms with Gasteiger partial charge in [-0.3, -0.25) is 0 Å². The highest BCUT2D eigenvalue weighted by Gasteiger charge is 2.10. The molecule has 0 aliphatic rings. The fraction of sp³-hybridized carbons (Fsp3) is 0.357. The van der Waals surface area contributed by atoms with Crippen LogP contribution < -0.4 is 5.32 Å². The summed E-state index contributed by atoms with van der Waals surface area (Å²) in [6, 6.07) is 3.83. The van der Waals surface area contributed by atoms with Crippen LogP contribution >= 0.6 is 11.3 Å². The molecular weight excluding hydrogens is 266 g/mol. The molecule has 2 aromatic rings. The molecule has 0 saturated heterocycles. The molecule has 5 heteroatoms. The maximum atomic E-state index is 13.0. The zero-order valence-corrected chi connectivity index (χ0v) is 11.7. The Morgan fingerprint density at radius 3 is 2.53 bits per heavy atom. The number of thiazole rings is 1. The minimum atomic E-state index is -0.527. The van der Waals surface area contributed by atoms with Crippen LogP contribution in [0.15, 0.2) is 23.7 Å². The summed E-state index contributed by atoms with van der Waals surface area (Å²) in [6.45, 7) is 4.71. The summed E-state index contributed by atoms with van der Waals surface area (Å²) in [5.74, 6) is -1.05. The number of hydrogen-bond acceptors (Lipinski definition) is 3. The van der Waals surface area contributed by atoms with Crippen molar-refractivity contribution in [3.63, 3.8) is 0 Å². The van der Waals surface area contributed by atoms with Gasteiger partial charge in [-0.05, 0) is 44.5 Å². The Hall–Kier alpha value is -1.33. The number of hydrogen-bond donors (Lipinski definition) is 1. The molecule has 0 saturated carbocycles. The predicted octanol–water partition coefficient (Wildman–Crippen LogP) is 3.62. The van der Waals surface area contributed by atoms with Crippen molar-refractivity contribution < 1.29 is 8.78 Å². The number of nitrogens with zero attached hydrogens (tertiary/aromatic N) is 1. The molecule has 0 amide bonds. The third-order valence-electron chi connectivity index (χ3n) is 2.96. The van der Waals surface area contributed by atoms with E-state index < -0.39 is 11.6 Å². The molecule has 1 heterocycles. The van der Waals surface area contributed by atoms with Gasteiger partial charge < -0.3 is 5.32 Å². The molecule has 2 rings (SSSR count). The van der Waals surface area contributed by atoms with Crippen molar-refractivity contribution in [2.45, 2.75) is 26.3 Å². The Labute approximate surface area is 115 Å². The normalized spacial score (nSPS) is 12.6. The lowest BCUT2D eigenvalue weighted by molar-refractivity contribution is 0.566. The van der Waals surface area contributed by atoms with E-state index in [-0.39, 0.29) is 6.04 Å². The van der Waals surface area contributed by atoms with Crippen LogP contribution in [0.1, 0.15) is 29.1 Å². The van der Waals surface area contributed by atoms with Gasteiger partial charge in [0.25, 0.3) is 0 Å². The van der Waals surface area contributed by atoms with Gasteiger partial charge in [0.15, 0.2) is 0 Å². The monoisotopic (exact) mass is 282 g/mol. The number of benzene rings is 1. The highest BCUT2D eigenvalue weighted by molar-refractivity contribution is 7.09. The number of aryl methyl sites for hydroxylation is 1. The highest BCUT2D eigenvalue weighted by atomic mass is 32.1. The molecule has 0 bridgehead atoms. The van der Waals surface area contributed by atoms with Crippen molar-refractivity contribution >= 4 is 11.3 Å². The third-order valence-corrected chi connectivity index (χ3v) is 4.08. The molecule has 2 nitrogen and oxygen atoms in total. The van der Waals surface area contributed by atoms with Crippen LogP contribution in [-0.4, -0.2) is 11.5 Å². The summed E-state index contributed by atoms with van der Waals surface area (Å²) in [5.41, 5.74) is 3.52. The van der Waals surface area contributed by atoms with E-state index in [1.54, 1.807) is 11.3 Å². The smallest absolute Gasteiger partial charge is 0.126 e. The molecule has 1 aromatic carbocycles. The Balaban J connectivity index is 1.88. The van der Waals surface area contributed by atoms with Gasteiger partial charge in [-0.15, -0.1) is 11.3 Å². The van der Waals surface area contributed by atoms with Gasteiger partial charge in [-0.1, -0.05) is 0 Å². The van der Waals surface area contributed by atoms with Crippen LogP contribution in [0, 0.1) is 18.6 Å². The molecule has 0 radical (unpaired) electrons. The molecule has 0 spiro atoms. The lowest BCUT2D eigenvalue weighted by Crippen LogP contribution is -2.21. The van der Waals surface area contributed by atoms with Crippen molar-refractivity contribution in [3.8, 4) is 0 Å². The van der Waals surface area contributed by atoms with E-state index in [9.17, 15) is 8.78 Å². The molecular formula is C14H16F2N2S. The van der Waals surface area contributed by atoms with E-state index in [0.717, 1.165) is 11.8 Å². The Morgan fingerprint density at radius 2 is 1.95 bits per heavy atom.